The van der Waals surface area contributed by atoms with Gasteiger partial charge in [-0.1, -0.05) is 31.1 Å². The van der Waals surface area contributed by atoms with Crippen molar-refractivity contribution < 1.29 is 4.79 Å². The molecule has 0 unspecified atom stereocenters. The number of carbonyl (C=O) groups excluding carboxylic acids is 1. The average molecular weight is 204 g/mol. The van der Waals surface area contributed by atoms with E-state index in [2.05, 4.69) is 26.0 Å². The Balaban J connectivity index is 2.86. The first-order valence-corrected chi connectivity index (χ1v) is 5.74. The summed E-state index contributed by atoms with van der Waals surface area (Å²) >= 11 is 0. The van der Waals surface area contributed by atoms with Crippen LogP contribution in [-0.2, 0) is 4.79 Å². The minimum atomic E-state index is 0.173. The van der Waals surface area contributed by atoms with Gasteiger partial charge in [0.25, 0.3) is 0 Å². The maximum atomic E-state index is 11.3. The van der Waals surface area contributed by atoms with Crippen LogP contribution in [0.2, 0.25) is 0 Å². The molecule has 0 saturated carbocycles. The lowest BCUT2D eigenvalue weighted by Gasteiger charge is -2.06. The Morgan fingerprint density at radius 1 is 1.40 bits per heavy atom. The molecule has 1 rings (SSSR count). The highest BCUT2D eigenvalue weighted by atomic mass is 16.1. The molecule has 0 spiro atoms. The number of Topliss-reactive ketones (excluding diaryl/α,β-unsaturated/α-hetero) is 1. The molecule has 0 aliphatic heterocycles. The van der Waals surface area contributed by atoms with Crippen LogP contribution in [-0.4, -0.2) is 5.78 Å². The average Bonchev–Trinajstić information content (AvgIpc) is 2.37. The molecule has 0 atom stereocenters. The van der Waals surface area contributed by atoms with Crippen molar-refractivity contribution in [2.45, 2.75) is 46.5 Å². The van der Waals surface area contributed by atoms with Crippen LogP contribution >= 0.6 is 0 Å². The number of hydrogen-bond acceptors (Lipinski definition) is 1. The smallest absolute Gasteiger partial charge is 0.159 e. The standard InChI is InChI=1S/C14H20O/c1-4-5-8-13-10-14(12(3)15)9-6-7-11(13)2/h7,9-10H,4-6,8H2,1-3H3. The second-order valence-corrected chi connectivity index (χ2v) is 4.11. The molecule has 0 amide bonds. The summed E-state index contributed by atoms with van der Waals surface area (Å²) in [5.41, 5.74) is 3.53. The van der Waals surface area contributed by atoms with Gasteiger partial charge in [0.1, 0.15) is 0 Å². The highest BCUT2D eigenvalue weighted by Crippen LogP contribution is 2.22. The molecule has 0 aromatic rings. The van der Waals surface area contributed by atoms with E-state index in [-0.39, 0.29) is 5.78 Å². The number of allylic oxidation sites excluding steroid dienone is 6. The fraction of sp³-hybridized carbons (Fsp3) is 0.500. The molecule has 1 nitrogen and oxygen atoms in total. The Labute approximate surface area is 92.6 Å². The van der Waals surface area contributed by atoms with E-state index < -0.39 is 0 Å². The molecule has 82 valence electrons. The van der Waals surface area contributed by atoms with E-state index in [1.807, 2.05) is 6.08 Å². The van der Waals surface area contributed by atoms with Gasteiger partial charge in [-0.05, 0) is 44.8 Å². The maximum absolute atomic E-state index is 11.3. The Hall–Kier alpha value is -1.11. The van der Waals surface area contributed by atoms with E-state index in [1.165, 1.54) is 24.0 Å². The molecule has 1 heteroatoms. The summed E-state index contributed by atoms with van der Waals surface area (Å²) in [7, 11) is 0. The zero-order valence-electron chi connectivity index (χ0n) is 9.97. The summed E-state index contributed by atoms with van der Waals surface area (Å²) in [5.74, 6) is 0.173. The zero-order valence-corrected chi connectivity index (χ0v) is 9.97. The lowest BCUT2D eigenvalue weighted by Crippen LogP contribution is -1.94. The van der Waals surface area contributed by atoms with Gasteiger partial charge in [0.05, 0.1) is 0 Å². The van der Waals surface area contributed by atoms with Crippen LogP contribution in [0, 0.1) is 0 Å². The van der Waals surface area contributed by atoms with Crippen LogP contribution in [0.3, 0.4) is 0 Å². The third kappa shape index (κ3) is 3.50. The fourth-order valence-corrected chi connectivity index (χ4v) is 1.74. The van der Waals surface area contributed by atoms with E-state index in [0.717, 1.165) is 18.4 Å². The van der Waals surface area contributed by atoms with Crippen molar-refractivity contribution in [1.29, 1.82) is 0 Å². The SMILES string of the molecule is CCCCC1=CC(C(C)=O)=CCC=C1C. The van der Waals surface area contributed by atoms with Gasteiger partial charge in [0.2, 0.25) is 0 Å². The van der Waals surface area contributed by atoms with Crippen molar-refractivity contribution in [2.75, 3.05) is 0 Å². The minimum absolute atomic E-state index is 0.173. The molecular formula is C14H20O. The number of hydrogen-bond donors (Lipinski definition) is 0. The summed E-state index contributed by atoms with van der Waals surface area (Å²) in [5, 5.41) is 0. The molecule has 0 fully saturated rings. The first-order valence-electron chi connectivity index (χ1n) is 5.74. The van der Waals surface area contributed by atoms with Crippen molar-refractivity contribution in [3.05, 3.63) is 34.9 Å². The number of rotatable bonds is 4. The highest BCUT2D eigenvalue weighted by Gasteiger charge is 2.07. The maximum Gasteiger partial charge on any atom is 0.159 e. The largest absolute Gasteiger partial charge is 0.295 e. The van der Waals surface area contributed by atoms with E-state index in [0.29, 0.717) is 0 Å². The van der Waals surface area contributed by atoms with Gasteiger partial charge in [-0.25, -0.2) is 0 Å². The quantitative estimate of drug-likeness (QED) is 0.677. The first kappa shape index (κ1) is 12.0. The van der Waals surface area contributed by atoms with Crippen molar-refractivity contribution in [2.24, 2.45) is 0 Å². The normalized spacial score (nSPS) is 16.3. The number of ketones is 1. The Morgan fingerprint density at radius 2 is 2.13 bits per heavy atom. The molecule has 0 N–H and O–H groups in total. The van der Waals surface area contributed by atoms with Gasteiger partial charge < -0.3 is 0 Å². The van der Waals surface area contributed by atoms with Crippen LogP contribution in [0.5, 0.6) is 0 Å². The summed E-state index contributed by atoms with van der Waals surface area (Å²) in [6.07, 6.45) is 10.7. The van der Waals surface area contributed by atoms with Gasteiger partial charge in [0.15, 0.2) is 5.78 Å². The monoisotopic (exact) mass is 204 g/mol. The van der Waals surface area contributed by atoms with Gasteiger partial charge in [-0.2, -0.15) is 0 Å². The van der Waals surface area contributed by atoms with Crippen LogP contribution in [0.25, 0.3) is 0 Å². The molecule has 15 heavy (non-hydrogen) atoms. The third-order valence-electron chi connectivity index (χ3n) is 2.80. The summed E-state index contributed by atoms with van der Waals surface area (Å²) in [4.78, 5) is 11.3. The molecule has 0 heterocycles. The lowest BCUT2D eigenvalue weighted by molar-refractivity contribution is -0.113. The van der Waals surface area contributed by atoms with E-state index in [9.17, 15) is 4.79 Å². The molecule has 0 aromatic heterocycles. The Morgan fingerprint density at radius 3 is 2.73 bits per heavy atom. The molecule has 0 radical (unpaired) electrons. The van der Waals surface area contributed by atoms with E-state index >= 15 is 0 Å². The van der Waals surface area contributed by atoms with Crippen molar-refractivity contribution in [3.63, 3.8) is 0 Å². The molecule has 0 aromatic carbocycles. The van der Waals surface area contributed by atoms with E-state index in [4.69, 9.17) is 0 Å². The Bertz CT molecular complexity index is 329. The molecular weight excluding hydrogens is 184 g/mol. The zero-order chi connectivity index (χ0) is 11.3. The Kier molecular flexibility index (Phi) is 4.54. The van der Waals surface area contributed by atoms with Crippen LogP contribution < -0.4 is 0 Å². The van der Waals surface area contributed by atoms with Gasteiger partial charge in [-0.15, -0.1) is 0 Å². The molecule has 1 aliphatic rings. The predicted molar refractivity (Wildman–Crippen MR) is 64.7 cm³/mol. The highest BCUT2D eigenvalue weighted by molar-refractivity contribution is 5.96. The lowest BCUT2D eigenvalue weighted by atomic mass is 9.99. The third-order valence-corrected chi connectivity index (χ3v) is 2.80. The van der Waals surface area contributed by atoms with Gasteiger partial charge in [-0.3, -0.25) is 4.79 Å². The first-order chi connectivity index (χ1) is 7.15. The second-order valence-electron chi connectivity index (χ2n) is 4.11. The molecule has 0 bridgehead atoms. The summed E-state index contributed by atoms with van der Waals surface area (Å²) < 4.78 is 0. The number of carbonyl (C=O) groups is 1. The predicted octanol–water partition coefficient (Wildman–Crippen LogP) is 3.97. The van der Waals surface area contributed by atoms with Crippen molar-refractivity contribution in [1.82, 2.24) is 0 Å². The minimum Gasteiger partial charge on any atom is -0.295 e. The van der Waals surface area contributed by atoms with Gasteiger partial charge in [0, 0.05) is 5.57 Å². The molecule has 0 saturated heterocycles. The van der Waals surface area contributed by atoms with Crippen LogP contribution in [0.1, 0.15) is 46.5 Å². The topological polar surface area (TPSA) is 17.1 Å². The van der Waals surface area contributed by atoms with Crippen LogP contribution in [0.15, 0.2) is 34.9 Å². The second kappa shape index (κ2) is 5.69. The van der Waals surface area contributed by atoms with Gasteiger partial charge >= 0.3 is 0 Å². The molecule has 1 aliphatic carbocycles. The van der Waals surface area contributed by atoms with E-state index in [1.54, 1.807) is 6.92 Å². The summed E-state index contributed by atoms with van der Waals surface area (Å²) in [6.45, 7) is 5.97. The van der Waals surface area contributed by atoms with Crippen LogP contribution in [0.4, 0.5) is 0 Å². The fourth-order valence-electron chi connectivity index (χ4n) is 1.74. The van der Waals surface area contributed by atoms with Crippen molar-refractivity contribution in [3.8, 4) is 0 Å². The summed E-state index contributed by atoms with van der Waals surface area (Å²) in [6, 6.07) is 0. The number of unbranched alkanes of at least 4 members (excludes halogenated alkanes) is 1. The van der Waals surface area contributed by atoms with Crippen molar-refractivity contribution >= 4 is 5.78 Å².